The Hall–Kier alpha value is -2.13. The van der Waals surface area contributed by atoms with Crippen LogP contribution in [0, 0.1) is 5.92 Å². The van der Waals surface area contributed by atoms with Gasteiger partial charge in [0.05, 0.1) is 7.11 Å². The second kappa shape index (κ2) is 7.18. The van der Waals surface area contributed by atoms with Crippen molar-refractivity contribution in [3.63, 3.8) is 0 Å². The molecule has 0 saturated heterocycles. The maximum atomic E-state index is 12.1. The number of ether oxygens (including phenoxy) is 1. The highest BCUT2D eigenvalue weighted by atomic mass is 16.5. The van der Waals surface area contributed by atoms with Gasteiger partial charge in [-0.15, -0.1) is 0 Å². The molecular formula is C21H25NO2. The summed E-state index contributed by atoms with van der Waals surface area (Å²) in [6, 6.07) is 21.0. The molecular weight excluding hydrogens is 298 g/mol. The maximum absolute atomic E-state index is 12.1. The first-order valence-electron chi connectivity index (χ1n) is 8.57. The summed E-state index contributed by atoms with van der Waals surface area (Å²) in [4.78, 5) is 12.1. The van der Waals surface area contributed by atoms with Gasteiger partial charge < -0.3 is 10.1 Å². The van der Waals surface area contributed by atoms with E-state index in [1.807, 2.05) is 26.0 Å². The number of hydrogen-bond acceptors (Lipinski definition) is 3. The number of rotatable bonds is 6. The van der Waals surface area contributed by atoms with E-state index in [0.717, 1.165) is 0 Å². The molecule has 1 aliphatic carbocycles. The Bertz CT molecular complexity index is 623. The van der Waals surface area contributed by atoms with Gasteiger partial charge >= 0.3 is 5.97 Å². The van der Waals surface area contributed by atoms with Crippen LogP contribution in [0.2, 0.25) is 0 Å². The van der Waals surface area contributed by atoms with Crippen LogP contribution in [0.1, 0.15) is 36.8 Å². The maximum Gasteiger partial charge on any atom is 0.323 e. The number of esters is 1. The van der Waals surface area contributed by atoms with Gasteiger partial charge in [0.25, 0.3) is 0 Å². The minimum absolute atomic E-state index is 0.185. The molecule has 3 atom stereocenters. The molecule has 0 heterocycles. The van der Waals surface area contributed by atoms with E-state index in [4.69, 9.17) is 4.74 Å². The van der Waals surface area contributed by atoms with Crippen molar-refractivity contribution >= 4 is 5.97 Å². The second-order valence-electron chi connectivity index (χ2n) is 6.81. The summed E-state index contributed by atoms with van der Waals surface area (Å²) in [7, 11) is 1.45. The molecule has 1 N–H and O–H groups in total. The highest BCUT2D eigenvalue weighted by Gasteiger charge is 2.53. The molecule has 0 spiro atoms. The van der Waals surface area contributed by atoms with Gasteiger partial charge in [0.2, 0.25) is 0 Å². The van der Waals surface area contributed by atoms with Gasteiger partial charge in [-0.25, -0.2) is 0 Å². The van der Waals surface area contributed by atoms with Crippen LogP contribution in [0.25, 0.3) is 0 Å². The second-order valence-corrected chi connectivity index (χ2v) is 6.81. The number of hydrogen-bond donors (Lipinski definition) is 1. The topological polar surface area (TPSA) is 38.3 Å². The smallest absolute Gasteiger partial charge is 0.323 e. The van der Waals surface area contributed by atoms with Crippen molar-refractivity contribution in [1.82, 2.24) is 5.32 Å². The van der Waals surface area contributed by atoms with Crippen LogP contribution in [0.3, 0.4) is 0 Å². The number of methoxy groups -OCH3 is 1. The summed E-state index contributed by atoms with van der Waals surface area (Å²) in [5.41, 5.74) is 2.63. The van der Waals surface area contributed by atoms with Crippen LogP contribution in [0.5, 0.6) is 0 Å². The zero-order valence-corrected chi connectivity index (χ0v) is 14.5. The van der Waals surface area contributed by atoms with Crippen LogP contribution in [0.15, 0.2) is 60.7 Å². The average molecular weight is 323 g/mol. The Morgan fingerprint density at radius 1 is 0.917 bits per heavy atom. The zero-order valence-electron chi connectivity index (χ0n) is 14.5. The fraction of sp³-hybridized carbons (Fsp3) is 0.381. The molecule has 0 bridgehead atoms. The third-order valence-corrected chi connectivity index (χ3v) is 4.88. The molecule has 2 aromatic rings. The van der Waals surface area contributed by atoms with Gasteiger partial charge in [-0.2, -0.15) is 0 Å². The summed E-state index contributed by atoms with van der Waals surface area (Å²) in [5.74, 6) is 0.778. The third kappa shape index (κ3) is 3.36. The Morgan fingerprint density at radius 2 is 1.38 bits per heavy atom. The predicted molar refractivity (Wildman–Crippen MR) is 95.9 cm³/mol. The molecule has 0 aliphatic heterocycles. The number of benzene rings is 2. The molecule has 1 fully saturated rings. The van der Waals surface area contributed by atoms with Crippen molar-refractivity contribution in [2.75, 3.05) is 7.11 Å². The Labute approximate surface area is 144 Å². The van der Waals surface area contributed by atoms with Crippen molar-refractivity contribution in [2.45, 2.75) is 37.8 Å². The first-order valence-corrected chi connectivity index (χ1v) is 8.57. The molecule has 24 heavy (non-hydrogen) atoms. The Kier molecular flexibility index (Phi) is 5.00. The van der Waals surface area contributed by atoms with E-state index in [2.05, 4.69) is 53.8 Å². The standard InChI is InChI=1S/C21H25NO2/c1-14(2)19(21(23)24-3)22-20-17(15-10-6-4-7-11-15)18(20)16-12-8-5-9-13-16/h4-14,17-20,22H,1-3H3/t17-,18-,19+/m1/s1. The SMILES string of the molecule is COC(=O)[C@@H](NC1[C@H](c2ccccc2)[C@H]1c1ccccc1)C(C)C. The van der Waals surface area contributed by atoms with E-state index in [9.17, 15) is 4.79 Å². The molecule has 2 aromatic carbocycles. The van der Waals surface area contributed by atoms with Crippen molar-refractivity contribution in [3.05, 3.63) is 71.8 Å². The normalized spacial score (nSPS) is 23.8. The van der Waals surface area contributed by atoms with Gasteiger partial charge in [0.1, 0.15) is 6.04 Å². The van der Waals surface area contributed by atoms with E-state index in [1.165, 1.54) is 18.2 Å². The Morgan fingerprint density at radius 3 is 1.75 bits per heavy atom. The van der Waals surface area contributed by atoms with Crippen LogP contribution in [-0.4, -0.2) is 25.2 Å². The van der Waals surface area contributed by atoms with Crippen LogP contribution in [0.4, 0.5) is 0 Å². The zero-order chi connectivity index (χ0) is 17.1. The van der Waals surface area contributed by atoms with Gasteiger partial charge in [0, 0.05) is 17.9 Å². The van der Waals surface area contributed by atoms with Gasteiger partial charge in [-0.05, 0) is 17.0 Å². The van der Waals surface area contributed by atoms with Crippen LogP contribution >= 0.6 is 0 Å². The van der Waals surface area contributed by atoms with Crippen molar-refractivity contribution in [2.24, 2.45) is 5.92 Å². The molecule has 0 amide bonds. The number of carbonyl (C=O) groups is 1. The van der Waals surface area contributed by atoms with Gasteiger partial charge in [0.15, 0.2) is 0 Å². The lowest BCUT2D eigenvalue weighted by molar-refractivity contribution is -0.144. The van der Waals surface area contributed by atoms with Crippen molar-refractivity contribution < 1.29 is 9.53 Å². The summed E-state index contributed by atoms with van der Waals surface area (Å²) in [6.07, 6.45) is 0. The van der Waals surface area contributed by atoms with Crippen molar-refractivity contribution in [3.8, 4) is 0 Å². The number of carbonyl (C=O) groups excluding carboxylic acids is 1. The van der Waals surface area contributed by atoms with Crippen LogP contribution < -0.4 is 5.32 Å². The van der Waals surface area contributed by atoms with E-state index in [1.54, 1.807) is 0 Å². The molecule has 1 aliphatic rings. The van der Waals surface area contributed by atoms with Gasteiger partial charge in [-0.1, -0.05) is 74.5 Å². The molecule has 3 nitrogen and oxygen atoms in total. The summed E-state index contributed by atoms with van der Waals surface area (Å²) in [5, 5.41) is 3.56. The fourth-order valence-electron chi connectivity index (χ4n) is 3.57. The summed E-state index contributed by atoms with van der Waals surface area (Å²) < 4.78 is 4.98. The first kappa shape index (κ1) is 16.7. The lowest BCUT2D eigenvalue weighted by Crippen LogP contribution is -2.43. The van der Waals surface area contributed by atoms with E-state index >= 15 is 0 Å². The van der Waals surface area contributed by atoms with E-state index in [-0.39, 0.29) is 24.0 Å². The van der Waals surface area contributed by atoms with E-state index < -0.39 is 0 Å². The molecule has 3 rings (SSSR count). The molecule has 0 radical (unpaired) electrons. The highest BCUT2D eigenvalue weighted by molar-refractivity contribution is 5.76. The quantitative estimate of drug-likeness (QED) is 0.823. The largest absolute Gasteiger partial charge is 0.468 e. The lowest BCUT2D eigenvalue weighted by atomic mass is 10.0. The minimum atomic E-state index is -0.278. The Balaban J connectivity index is 1.85. The molecule has 3 heteroatoms. The number of nitrogens with one attached hydrogen (secondary N) is 1. The summed E-state index contributed by atoms with van der Waals surface area (Å²) in [6.45, 7) is 4.10. The first-order chi connectivity index (χ1) is 11.6. The molecule has 1 saturated carbocycles. The van der Waals surface area contributed by atoms with Gasteiger partial charge in [-0.3, -0.25) is 4.79 Å². The summed E-state index contributed by atoms with van der Waals surface area (Å²) >= 11 is 0. The highest BCUT2D eigenvalue weighted by Crippen LogP contribution is 2.55. The van der Waals surface area contributed by atoms with Crippen LogP contribution in [-0.2, 0) is 9.53 Å². The minimum Gasteiger partial charge on any atom is -0.468 e. The monoisotopic (exact) mass is 323 g/mol. The molecule has 0 aromatic heterocycles. The molecule has 0 unspecified atom stereocenters. The fourth-order valence-corrected chi connectivity index (χ4v) is 3.57. The third-order valence-electron chi connectivity index (χ3n) is 4.88. The molecule has 126 valence electrons. The van der Waals surface area contributed by atoms with E-state index in [0.29, 0.717) is 11.8 Å². The average Bonchev–Trinajstić information content (AvgIpc) is 3.34. The lowest BCUT2D eigenvalue weighted by Gasteiger charge is -2.20. The van der Waals surface area contributed by atoms with Crippen molar-refractivity contribution in [1.29, 1.82) is 0 Å². The predicted octanol–water partition coefficient (Wildman–Crippen LogP) is 3.72.